The fourth-order valence-corrected chi connectivity index (χ4v) is 3.93. The Kier molecular flexibility index (Phi) is 3.37. The van der Waals surface area contributed by atoms with Crippen molar-refractivity contribution in [1.82, 2.24) is 19.9 Å². The van der Waals surface area contributed by atoms with E-state index in [1.54, 1.807) is 15.9 Å². The summed E-state index contributed by atoms with van der Waals surface area (Å²) in [6.07, 6.45) is 0. The molecule has 1 aliphatic rings. The molecule has 2 amide bonds. The monoisotopic (exact) mass is 342 g/mol. The number of aromatic nitrogens is 2. The normalized spacial score (nSPS) is 16.3. The van der Waals surface area contributed by atoms with Gasteiger partial charge in [-0.25, -0.2) is 9.78 Å². The first kappa shape index (κ1) is 14.9. The molecular formula is C15H14N6O2S. The summed E-state index contributed by atoms with van der Waals surface area (Å²) in [4.78, 5) is 22.7. The van der Waals surface area contributed by atoms with Gasteiger partial charge in [-0.05, 0) is 26.1 Å². The van der Waals surface area contributed by atoms with Gasteiger partial charge in [-0.3, -0.25) is 9.80 Å². The van der Waals surface area contributed by atoms with Crippen LogP contribution in [0.1, 0.15) is 12.7 Å². The third-order valence-corrected chi connectivity index (χ3v) is 5.11. The summed E-state index contributed by atoms with van der Waals surface area (Å²) in [6, 6.07) is 5.56. The first-order valence-electron chi connectivity index (χ1n) is 7.46. The number of hydrogen-bond acceptors (Lipinski definition) is 7. The maximum atomic E-state index is 12.6. The molecule has 24 heavy (non-hydrogen) atoms. The number of amides is 2. The highest BCUT2D eigenvalue weighted by molar-refractivity contribution is 7.23. The van der Waals surface area contributed by atoms with Gasteiger partial charge in [0.2, 0.25) is 5.76 Å². The van der Waals surface area contributed by atoms with E-state index in [-0.39, 0.29) is 11.8 Å². The molecule has 3 aromatic rings. The highest BCUT2D eigenvalue weighted by Gasteiger charge is 2.31. The average Bonchev–Trinajstić information content (AvgIpc) is 3.19. The molecular weight excluding hydrogens is 328 g/mol. The van der Waals surface area contributed by atoms with Crippen molar-refractivity contribution < 1.29 is 9.32 Å². The number of carbonyl (C=O) groups excluding carboxylic acids is 1. The van der Waals surface area contributed by atoms with E-state index < -0.39 is 0 Å². The first-order valence-corrected chi connectivity index (χ1v) is 8.28. The Balaban J connectivity index is 1.86. The lowest BCUT2D eigenvalue weighted by molar-refractivity contribution is 0.136. The molecule has 8 nitrogen and oxygen atoms in total. The lowest BCUT2D eigenvalue weighted by atomic mass is 10.2. The minimum Gasteiger partial charge on any atom is -0.344 e. The van der Waals surface area contributed by atoms with Crippen LogP contribution in [0.5, 0.6) is 0 Å². The number of anilines is 1. The van der Waals surface area contributed by atoms with Crippen LogP contribution in [0.15, 0.2) is 16.7 Å². The summed E-state index contributed by atoms with van der Waals surface area (Å²) < 4.78 is 5.88. The molecule has 0 saturated carbocycles. The second-order valence-corrected chi connectivity index (χ2v) is 6.61. The zero-order valence-electron chi connectivity index (χ0n) is 13.2. The molecule has 0 atom stereocenters. The number of urea groups is 1. The molecule has 4 rings (SSSR count). The number of thiazole rings is 1. The highest BCUT2D eigenvalue weighted by atomic mass is 32.1. The second kappa shape index (κ2) is 5.43. The van der Waals surface area contributed by atoms with Crippen LogP contribution in [-0.2, 0) is 0 Å². The van der Waals surface area contributed by atoms with Crippen LogP contribution in [-0.4, -0.2) is 52.9 Å². The highest BCUT2D eigenvalue weighted by Crippen LogP contribution is 2.36. The van der Waals surface area contributed by atoms with Crippen molar-refractivity contribution in [3.8, 4) is 6.07 Å². The van der Waals surface area contributed by atoms with Crippen LogP contribution in [0.4, 0.5) is 9.93 Å². The smallest absolute Gasteiger partial charge is 0.328 e. The van der Waals surface area contributed by atoms with Crippen molar-refractivity contribution in [3.63, 3.8) is 0 Å². The zero-order chi connectivity index (χ0) is 16.8. The molecule has 122 valence electrons. The van der Waals surface area contributed by atoms with Crippen LogP contribution in [0.2, 0.25) is 0 Å². The van der Waals surface area contributed by atoms with Crippen LogP contribution in [0.25, 0.3) is 21.1 Å². The van der Waals surface area contributed by atoms with Gasteiger partial charge in [-0.15, -0.1) is 0 Å². The lowest BCUT2D eigenvalue weighted by Gasteiger charge is -2.38. The third-order valence-electron chi connectivity index (χ3n) is 4.00. The van der Waals surface area contributed by atoms with Crippen molar-refractivity contribution in [2.45, 2.75) is 6.92 Å². The Morgan fingerprint density at radius 1 is 1.38 bits per heavy atom. The molecule has 0 radical (unpaired) electrons. The van der Waals surface area contributed by atoms with Gasteiger partial charge in [-0.2, -0.15) is 5.26 Å². The van der Waals surface area contributed by atoms with E-state index >= 15 is 0 Å². The lowest BCUT2D eigenvalue weighted by Crippen LogP contribution is -2.56. The van der Waals surface area contributed by atoms with E-state index in [1.807, 2.05) is 31.0 Å². The molecule has 9 heteroatoms. The first-order chi connectivity index (χ1) is 11.6. The van der Waals surface area contributed by atoms with E-state index in [4.69, 9.17) is 4.52 Å². The summed E-state index contributed by atoms with van der Waals surface area (Å²) in [5, 5.41) is 14.4. The fourth-order valence-electron chi connectivity index (χ4n) is 2.84. The van der Waals surface area contributed by atoms with E-state index in [2.05, 4.69) is 10.1 Å². The van der Waals surface area contributed by atoms with Gasteiger partial charge in [0.05, 0.1) is 28.9 Å². The number of nitrogens with zero attached hydrogens (tertiary/aromatic N) is 6. The van der Waals surface area contributed by atoms with E-state index in [0.29, 0.717) is 35.9 Å². The minimum atomic E-state index is -0.0586. The van der Waals surface area contributed by atoms with Crippen molar-refractivity contribution in [3.05, 3.63) is 17.9 Å². The predicted octanol–water partition coefficient (Wildman–Crippen LogP) is 2.42. The summed E-state index contributed by atoms with van der Waals surface area (Å²) in [6.45, 7) is 3.67. The van der Waals surface area contributed by atoms with Crippen LogP contribution in [0.3, 0.4) is 0 Å². The Bertz CT molecular complexity index is 987. The summed E-state index contributed by atoms with van der Waals surface area (Å²) in [5.74, 6) is 0.170. The van der Waals surface area contributed by atoms with Crippen molar-refractivity contribution in [2.24, 2.45) is 0 Å². The van der Waals surface area contributed by atoms with Gasteiger partial charge >= 0.3 is 6.03 Å². The van der Waals surface area contributed by atoms with Crippen LogP contribution >= 0.6 is 11.3 Å². The van der Waals surface area contributed by atoms with Crippen molar-refractivity contribution in [2.75, 3.05) is 31.8 Å². The third kappa shape index (κ3) is 2.11. The van der Waals surface area contributed by atoms with Gasteiger partial charge in [-0.1, -0.05) is 16.5 Å². The van der Waals surface area contributed by atoms with Crippen LogP contribution < -0.4 is 4.90 Å². The van der Waals surface area contributed by atoms with Crippen molar-refractivity contribution in [1.29, 1.82) is 5.26 Å². The van der Waals surface area contributed by atoms with E-state index in [9.17, 15) is 10.1 Å². The van der Waals surface area contributed by atoms with E-state index in [1.165, 1.54) is 11.3 Å². The SMILES string of the molecule is CCN1CN(C)CN(c2nc3ccc4noc(C#N)c4c3s2)C1=O. The molecule has 0 aliphatic carbocycles. The number of carbonyl (C=O) groups is 1. The van der Waals surface area contributed by atoms with Gasteiger partial charge in [0.15, 0.2) is 5.13 Å². The largest absolute Gasteiger partial charge is 0.344 e. The number of nitriles is 1. The van der Waals surface area contributed by atoms with Gasteiger partial charge < -0.3 is 9.42 Å². The minimum absolute atomic E-state index is 0.0586. The maximum Gasteiger partial charge on any atom is 0.328 e. The Hall–Kier alpha value is -2.70. The fraction of sp³-hybridized carbons (Fsp3) is 0.333. The summed E-state index contributed by atoms with van der Waals surface area (Å²) >= 11 is 1.38. The summed E-state index contributed by atoms with van der Waals surface area (Å²) in [7, 11) is 1.96. The molecule has 0 N–H and O–H groups in total. The standard InChI is InChI=1S/C15H14N6O2S/c1-3-20-7-19(2)8-21(15(20)22)14-17-10-5-4-9-12(13(10)24-14)11(6-16)23-18-9/h4-5H,3,7-8H2,1-2H3. The second-order valence-electron chi connectivity index (χ2n) is 5.63. The summed E-state index contributed by atoms with van der Waals surface area (Å²) in [5.41, 5.74) is 1.35. The maximum absolute atomic E-state index is 12.6. The molecule has 1 fully saturated rings. The Morgan fingerprint density at radius 2 is 2.17 bits per heavy atom. The number of rotatable bonds is 2. The van der Waals surface area contributed by atoms with Crippen LogP contribution in [0, 0.1) is 11.3 Å². The van der Waals surface area contributed by atoms with Crippen molar-refractivity contribution >= 4 is 43.6 Å². The molecule has 1 saturated heterocycles. The topological polar surface area (TPSA) is 89.5 Å². The quantitative estimate of drug-likeness (QED) is 0.710. The molecule has 1 aromatic carbocycles. The van der Waals surface area contributed by atoms with E-state index in [0.717, 1.165) is 10.2 Å². The van der Waals surface area contributed by atoms with Gasteiger partial charge in [0, 0.05) is 6.54 Å². The van der Waals surface area contributed by atoms with Gasteiger partial charge in [0.25, 0.3) is 0 Å². The molecule has 0 bridgehead atoms. The number of hydrogen-bond donors (Lipinski definition) is 0. The molecule has 2 aromatic heterocycles. The Labute approximate surface area is 141 Å². The molecule has 0 unspecified atom stereocenters. The zero-order valence-corrected chi connectivity index (χ0v) is 14.0. The number of fused-ring (bicyclic) bond motifs is 3. The predicted molar refractivity (Wildman–Crippen MR) is 89.7 cm³/mol. The Morgan fingerprint density at radius 3 is 2.92 bits per heavy atom. The molecule has 1 aliphatic heterocycles. The average molecular weight is 342 g/mol. The molecule has 3 heterocycles. The number of benzene rings is 1. The van der Waals surface area contributed by atoms with Gasteiger partial charge in [0.1, 0.15) is 11.6 Å². The molecule has 0 spiro atoms.